The lowest BCUT2D eigenvalue weighted by molar-refractivity contribution is -0.139. The third-order valence-electron chi connectivity index (χ3n) is 4.53. The van der Waals surface area contributed by atoms with E-state index in [-0.39, 0.29) is 15.1 Å². The molecule has 5 nitrogen and oxygen atoms in total. The van der Waals surface area contributed by atoms with E-state index in [9.17, 15) is 49.1 Å². The molecule has 38 heavy (non-hydrogen) atoms. The number of allylic oxidation sites excluding steroid dienone is 1. The first kappa shape index (κ1) is 31.4. The van der Waals surface area contributed by atoms with Crippen molar-refractivity contribution in [3.05, 3.63) is 73.7 Å². The highest BCUT2D eigenvalue weighted by Gasteiger charge is 2.40. The number of benzene rings is 2. The number of amides is 3. The van der Waals surface area contributed by atoms with Crippen LogP contribution in [-0.2, 0) is 6.18 Å². The highest BCUT2D eigenvalue weighted by Crippen LogP contribution is 2.41. The van der Waals surface area contributed by atoms with Gasteiger partial charge in [0.25, 0.3) is 5.91 Å². The Morgan fingerprint density at radius 3 is 1.95 bits per heavy atom. The molecular formula is C21H13Cl3F9N3O2. The van der Waals surface area contributed by atoms with Gasteiger partial charge >= 0.3 is 24.6 Å². The smallest absolute Gasteiger partial charge is 0.328 e. The maximum absolute atomic E-state index is 13.7. The minimum Gasteiger partial charge on any atom is -0.328 e. The van der Waals surface area contributed by atoms with E-state index in [1.165, 1.54) is 16.2 Å². The number of carbonyl (C=O) groups is 2. The molecule has 0 bridgehead atoms. The lowest BCUT2D eigenvalue weighted by Crippen LogP contribution is -2.49. The van der Waals surface area contributed by atoms with E-state index in [0.717, 1.165) is 18.2 Å². The number of alkyl halides is 9. The third kappa shape index (κ3) is 8.88. The van der Waals surface area contributed by atoms with Crippen molar-refractivity contribution < 1.29 is 49.1 Å². The number of hydrogen-bond donors (Lipinski definition) is 3. The van der Waals surface area contributed by atoms with E-state index < -0.39 is 65.2 Å². The van der Waals surface area contributed by atoms with E-state index in [2.05, 4.69) is 0 Å². The number of hydrogen-bond acceptors (Lipinski definition) is 2. The predicted molar refractivity (Wildman–Crippen MR) is 121 cm³/mol. The number of urea groups is 1. The number of halogens is 12. The van der Waals surface area contributed by atoms with Gasteiger partial charge in [-0.1, -0.05) is 53.0 Å². The van der Waals surface area contributed by atoms with Crippen LogP contribution in [0.1, 0.15) is 33.0 Å². The maximum atomic E-state index is 13.7. The number of hydrazine groups is 1. The molecule has 3 N–H and O–H groups in total. The molecule has 17 heteroatoms. The molecule has 3 amide bonds. The second-order valence-corrected chi connectivity index (χ2v) is 8.55. The van der Waals surface area contributed by atoms with Gasteiger partial charge in [-0.15, -0.1) is 0 Å². The van der Waals surface area contributed by atoms with E-state index in [1.807, 2.05) is 0 Å². The van der Waals surface area contributed by atoms with Gasteiger partial charge in [0.1, 0.15) is 6.54 Å². The molecule has 0 aliphatic rings. The SMILES string of the molecule is O=C(NCC(F)(F)F)NNC(=O)c1ccc(/C=C/C(c2cc(Cl)c(Cl)c(Cl)c2)C(F)(F)F)cc1C(F)(F)F. The molecule has 0 aliphatic carbocycles. The lowest BCUT2D eigenvalue weighted by atomic mass is 9.96. The summed E-state index contributed by atoms with van der Waals surface area (Å²) in [5.41, 5.74) is -0.572. The van der Waals surface area contributed by atoms with Gasteiger partial charge in [-0.3, -0.25) is 10.2 Å². The minimum atomic E-state index is -5.18. The number of carbonyl (C=O) groups excluding carboxylic acids is 2. The summed E-state index contributed by atoms with van der Waals surface area (Å²) in [6, 6.07) is 2.06. The summed E-state index contributed by atoms with van der Waals surface area (Å²) in [7, 11) is 0. The zero-order valence-electron chi connectivity index (χ0n) is 18.2. The summed E-state index contributed by atoms with van der Waals surface area (Å²) in [5.74, 6) is -3.92. The zero-order valence-corrected chi connectivity index (χ0v) is 20.4. The van der Waals surface area contributed by atoms with Crippen LogP contribution < -0.4 is 16.2 Å². The standard InChI is InChI=1S/C21H13Cl3F9N3O2/c22-14-6-10(7-15(23)16(14)24)12(20(28,29)30)4-2-9-1-3-11(13(5-9)21(31,32)33)17(37)35-36-18(38)34-8-19(25,26)27/h1-7,12H,8H2,(H,35,37)(H2,34,36,38)/b4-2+. The molecule has 2 rings (SSSR count). The molecule has 0 saturated carbocycles. The van der Waals surface area contributed by atoms with Gasteiger partial charge in [0.05, 0.1) is 32.1 Å². The molecule has 2 aromatic carbocycles. The predicted octanol–water partition coefficient (Wildman–Crippen LogP) is 7.53. The Bertz CT molecular complexity index is 1210. The Morgan fingerprint density at radius 1 is 0.868 bits per heavy atom. The molecule has 0 aromatic heterocycles. The van der Waals surface area contributed by atoms with Crippen molar-refractivity contribution in [3.63, 3.8) is 0 Å². The second kappa shape index (κ2) is 11.9. The van der Waals surface area contributed by atoms with Crippen molar-refractivity contribution in [1.29, 1.82) is 0 Å². The van der Waals surface area contributed by atoms with Crippen LogP contribution in [-0.4, -0.2) is 30.8 Å². The number of nitrogens with one attached hydrogen (secondary N) is 3. The topological polar surface area (TPSA) is 70.2 Å². The average molecular weight is 617 g/mol. The second-order valence-electron chi connectivity index (χ2n) is 7.36. The van der Waals surface area contributed by atoms with Gasteiger partial charge in [-0.25, -0.2) is 10.2 Å². The quantitative estimate of drug-likeness (QED) is 0.185. The van der Waals surface area contributed by atoms with Gasteiger partial charge in [0.2, 0.25) is 0 Å². The van der Waals surface area contributed by atoms with Crippen molar-refractivity contribution in [2.24, 2.45) is 0 Å². The highest BCUT2D eigenvalue weighted by molar-refractivity contribution is 6.48. The first-order valence-corrected chi connectivity index (χ1v) is 10.9. The molecule has 0 aliphatic heterocycles. The Morgan fingerprint density at radius 2 is 1.45 bits per heavy atom. The summed E-state index contributed by atoms with van der Waals surface area (Å²) < 4.78 is 118. The van der Waals surface area contributed by atoms with Crippen LogP contribution in [0.15, 0.2) is 36.4 Å². The minimum absolute atomic E-state index is 0.196. The summed E-state index contributed by atoms with van der Waals surface area (Å²) >= 11 is 17.3. The Balaban J connectivity index is 2.33. The van der Waals surface area contributed by atoms with Gasteiger partial charge in [0.15, 0.2) is 0 Å². The van der Waals surface area contributed by atoms with Crippen LogP contribution in [0.25, 0.3) is 6.08 Å². The molecule has 0 spiro atoms. The molecule has 0 saturated heterocycles. The first-order valence-electron chi connectivity index (χ1n) is 9.81. The molecular weight excluding hydrogens is 604 g/mol. The van der Waals surface area contributed by atoms with Crippen molar-refractivity contribution in [2.45, 2.75) is 24.4 Å². The monoisotopic (exact) mass is 615 g/mol. The largest absolute Gasteiger partial charge is 0.417 e. The summed E-state index contributed by atoms with van der Waals surface area (Å²) in [6.07, 6.45) is -13.6. The van der Waals surface area contributed by atoms with E-state index in [0.29, 0.717) is 24.3 Å². The van der Waals surface area contributed by atoms with Crippen LogP contribution >= 0.6 is 34.8 Å². The van der Waals surface area contributed by atoms with Gasteiger partial charge in [0, 0.05) is 0 Å². The number of rotatable bonds is 5. The maximum Gasteiger partial charge on any atom is 0.417 e. The Labute approximate surface area is 222 Å². The fraction of sp³-hybridized carbons (Fsp3) is 0.238. The zero-order chi connectivity index (χ0) is 29.1. The van der Waals surface area contributed by atoms with Crippen molar-refractivity contribution in [1.82, 2.24) is 16.2 Å². The molecule has 1 unspecified atom stereocenters. The van der Waals surface area contributed by atoms with Crippen LogP contribution in [0.5, 0.6) is 0 Å². The molecule has 2 aromatic rings. The summed E-state index contributed by atoms with van der Waals surface area (Å²) in [6.45, 7) is -1.78. The normalized spacial score (nSPS) is 13.4. The van der Waals surface area contributed by atoms with Gasteiger partial charge in [-0.05, 0) is 35.4 Å². The average Bonchev–Trinajstić information content (AvgIpc) is 2.77. The van der Waals surface area contributed by atoms with Crippen LogP contribution in [0.3, 0.4) is 0 Å². The fourth-order valence-electron chi connectivity index (χ4n) is 2.87. The summed E-state index contributed by atoms with van der Waals surface area (Å²) in [4.78, 5) is 23.4. The fourth-order valence-corrected chi connectivity index (χ4v) is 3.49. The first-order chi connectivity index (χ1) is 17.3. The molecule has 0 heterocycles. The molecule has 208 valence electrons. The molecule has 1 atom stereocenters. The summed E-state index contributed by atoms with van der Waals surface area (Å²) in [5, 5.41) is 0.543. The Kier molecular flexibility index (Phi) is 9.83. The van der Waals surface area contributed by atoms with Crippen molar-refractivity contribution >= 4 is 52.8 Å². The van der Waals surface area contributed by atoms with E-state index in [4.69, 9.17) is 34.8 Å². The van der Waals surface area contributed by atoms with Crippen LogP contribution in [0, 0.1) is 0 Å². The molecule has 0 radical (unpaired) electrons. The lowest BCUT2D eigenvalue weighted by Gasteiger charge is -2.19. The van der Waals surface area contributed by atoms with Crippen molar-refractivity contribution in [3.8, 4) is 0 Å². The van der Waals surface area contributed by atoms with Gasteiger partial charge < -0.3 is 5.32 Å². The van der Waals surface area contributed by atoms with E-state index in [1.54, 1.807) is 0 Å². The Hall–Kier alpha value is -2.84. The van der Waals surface area contributed by atoms with Gasteiger partial charge in [-0.2, -0.15) is 39.5 Å². The highest BCUT2D eigenvalue weighted by atomic mass is 35.5. The third-order valence-corrected chi connectivity index (χ3v) is 5.73. The van der Waals surface area contributed by atoms with Crippen molar-refractivity contribution in [2.75, 3.05) is 6.54 Å². The van der Waals surface area contributed by atoms with Crippen LogP contribution in [0.2, 0.25) is 15.1 Å². The van der Waals surface area contributed by atoms with E-state index >= 15 is 0 Å². The molecule has 0 fully saturated rings. The van der Waals surface area contributed by atoms with Crippen LogP contribution in [0.4, 0.5) is 44.3 Å².